The summed E-state index contributed by atoms with van der Waals surface area (Å²) in [6, 6.07) is 0.600. The van der Waals surface area contributed by atoms with Crippen molar-refractivity contribution in [2.75, 3.05) is 6.54 Å². The van der Waals surface area contributed by atoms with Crippen LogP contribution < -0.4 is 0 Å². The first-order valence-electron chi connectivity index (χ1n) is 12.4. The molecule has 1 unspecified atom stereocenters. The minimum atomic E-state index is -0.124. The maximum absolute atomic E-state index is 12.6. The number of rotatable bonds is 6. The van der Waals surface area contributed by atoms with Crippen molar-refractivity contribution in [3.05, 3.63) is 0 Å². The zero-order chi connectivity index (χ0) is 19.5. The van der Waals surface area contributed by atoms with Crippen molar-refractivity contribution in [2.45, 2.75) is 135 Å². The standard InChI is InChI=1S/C20H35NO.C5H12/c1-17-10-8-9-15-21(17)20(16-22,18-11-4-2-5-12-18)19-13-6-3-7-14-19;1-3-5-4-2/h16-19H,2-15H2,1H3;3-5H2,1-2H3. The highest BCUT2D eigenvalue weighted by Crippen LogP contribution is 2.47. The van der Waals surface area contributed by atoms with Gasteiger partial charge in [0.15, 0.2) is 0 Å². The highest BCUT2D eigenvalue weighted by atomic mass is 16.1. The van der Waals surface area contributed by atoms with Gasteiger partial charge in [0.25, 0.3) is 0 Å². The number of likely N-dealkylation sites (tertiary alicyclic amines) is 1. The van der Waals surface area contributed by atoms with E-state index >= 15 is 0 Å². The van der Waals surface area contributed by atoms with E-state index in [1.54, 1.807) is 0 Å². The Morgan fingerprint density at radius 3 is 1.63 bits per heavy atom. The fraction of sp³-hybridized carbons (Fsp3) is 0.960. The highest BCUT2D eigenvalue weighted by molar-refractivity contribution is 5.66. The third kappa shape index (κ3) is 5.81. The number of hydrogen-bond donors (Lipinski definition) is 0. The number of hydrogen-bond acceptors (Lipinski definition) is 2. The van der Waals surface area contributed by atoms with Crippen LogP contribution in [0.1, 0.15) is 124 Å². The summed E-state index contributed by atoms with van der Waals surface area (Å²) in [5.41, 5.74) is -0.124. The molecule has 0 N–H and O–H groups in total. The molecule has 0 aromatic heterocycles. The van der Waals surface area contributed by atoms with E-state index in [4.69, 9.17) is 0 Å². The minimum Gasteiger partial charge on any atom is -0.301 e. The van der Waals surface area contributed by atoms with Crippen molar-refractivity contribution in [1.29, 1.82) is 0 Å². The number of carbonyl (C=O) groups is 1. The summed E-state index contributed by atoms with van der Waals surface area (Å²) in [7, 11) is 0. The Morgan fingerprint density at radius 2 is 1.26 bits per heavy atom. The third-order valence-electron chi connectivity index (χ3n) is 7.71. The number of unbranched alkanes of at least 4 members (excludes halogenated alkanes) is 2. The van der Waals surface area contributed by atoms with Gasteiger partial charge in [0.1, 0.15) is 6.29 Å². The predicted octanol–water partition coefficient (Wildman–Crippen LogP) is 7.16. The van der Waals surface area contributed by atoms with Gasteiger partial charge in [-0.1, -0.05) is 78.1 Å². The number of aldehydes is 1. The first kappa shape index (κ1) is 22.9. The van der Waals surface area contributed by atoms with Gasteiger partial charge >= 0.3 is 0 Å². The normalized spacial score (nSPS) is 26.3. The van der Waals surface area contributed by atoms with Gasteiger partial charge < -0.3 is 4.79 Å². The molecule has 2 heteroatoms. The highest BCUT2D eigenvalue weighted by Gasteiger charge is 2.51. The SMILES string of the molecule is CC1CCCCN1C(C=O)(C1CCCCC1)C1CCCCC1.CCCCC. The van der Waals surface area contributed by atoms with Gasteiger partial charge in [-0.15, -0.1) is 0 Å². The second kappa shape index (κ2) is 12.2. The summed E-state index contributed by atoms with van der Waals surface area (Å²) in [6.45, 7) is 7.96. The van der Waals surface area contributed by atoms with Crippen LogP contribution in [0.4, 0.5) is 0 Å². The maximum atomic E-state index is 12.6. The molecule has 3 rings (SSSR count). The molecule has 1 aliphatic heterocycles. The Balaban J connectivity index is 0.000000465. The largest absolute Gasteiger partial charge is 0.301 e. The minimum absolute atomic E-state index is 0.124. The number of piperidine rings is 1. The van der Waals surface area contributed by atoms with E-state index in [-0.39, 0.29) is 5.54 Å². The van der Waals surface area contributed by atoms with Gasteiger partial charge in [-0.25, -0.2) is 0 Å². The van der Waals surface area contributed by atoms with E-state index < -0.39 is 0 Å². The number of nitrogens with zero attached hydrogens (tertiary/aromatic N) is 1. The van der Waals surface area contributed by atoms with Crippen LogP contribution in [0.3, 0.4) is 0 Å². The van der Waals surface area contributed by atoms with Crippen LogP contribution in [-0.4, -0.2) is 29.3 Å². The van der Waals surface area contributed by atoms with E-state index in [1.165, 1.54) is 109 Å². The summed E-state index contributed by atoms with van der Waals surface area (Å²) >= 11 is 0. The lowest BCUT2D eigenvalue weighted by molar-refractivity contribution is -0.136. The summed E-state index contributed by atoms with van der Waals surface area (Å²) < 4.78 is 0. The van der Waals surface area contributed by atoms with E-state index in [2.05, 4.69) is 25.7 Å². The molecule has 158 valence electrons. The van der Waals surface area contributed by atoms with Crippen LogP contribution in [0.2, 0.25) is 0 Å². The van der Waals surface area contributed by atoms with Gasteiger partial charge in [-0.05, 0) is 63.8 Å². The van der Waals surface area contributed by atoms with Crippen LogP contribution >= 0.6 is 0 Å². The topological polar surface area (TPSA) is 20.3 Å². The molecule has 2 saturated carbocycles. The molecule has 3 fully saturated rings. The molecule has 2 aliphatic carbocycles. The van der Waals surface area contributed by atoms with Crippen molar-refractivity contribution in [1.82, 2.24) is 4.90 Å². The molecule has 0 spiro atoms. The van der Waals surface area contributed by atoms with Gasteiger partial charge in [-0.3, -0.25) is 4.90 Å². The molecular weight excluding hydrogens is 330 g/mol. The molecule has 0 radical (unpaired) electrons. The van der Waals surface area contributed by atoms with Crippen molar-refractivity contribution >= 4 is 6.29 Å². The van der Waals surface area contributed by atoms with Crippen LogP contribution in [0, 0.1) is 11.8 Å². The second-order valence-electron chi connectivity index (χ2n) is 9.57. The first-order chi connectivity index (χ1) is 13.2. The molecule has 0 amide bonds. The first-order valence-corrected chi connectivity index (χ1v) is 12.4. The predicted molar refractivity (Wildman–Crippen MR) is 117 cm³/mol. The van der Waals surface area contributed by atoms with E-state index in [0.717, 1.165) is 6.54 Å². The lowest BCUT2D eigenvalue weighted by Gasteiger charge is -2.55. The van der Waals surface area contributed by atoms with Gasteiger partial charge in [0.2, 0.25) is 0 Å². The zero-order valence-corrected chi connectivity index (χ0v) is 18.7. The van der Waals surface area contributed by atoms with E-state index in [1.807, 2.05) is 0 Å². The lowest BCUT2D eigenvalue weighted by Crippen LogP contribution is -2.64. The summed E-state index contributed by atoms with van der Waals surface area (Å²) in [5, 5.41) is 0. The van der Waals surface area contributed by atoms with Crippen LogP contribution in [0.5, 0.6) is 0 Å². The average molecular weight is 378 g/mol. The molecule has 1 saturated heterocycles. The fourth-order valence-corrected chi connectivity index (χ4v) is 6.22. The summed E-state index contributed by atoms with van der Waals surface area (Å²) in [4.78, 5) is 15.3. The Hall–Kier alpha value is -0.370. The van der Waals surface area contributed by atoms with Gasteiger partial charge in [-0.2, -0.15) is 0 Å². The van der Waals surface area contributed by atoms with Crippen molar-refractivity contribution < 1.29 is 4.79 Å². The van der Waals surface area contributed by atoms with Crippen molar-refractivity contribution in [2.24, 2.45) is 11.8 Å². The maximum Gasteiger partial charge on any atom is 0.140 e. The second-order valence-corrected chi connectivity index (χ2v) is 9.57. The molecule has 0 aromatic rings. The Labute approximate surface area is 169 Å². The quantitative estimate of drug-likeness (QED) is 0.458. The van der Waals surface area contributed by atoms with E-state index in [9.17, 15) is 4.79 Å². The fourth-order valence-electron chi connectivity index (χ4n) is 6.22. The van der Waals surface area contributed by atoms with E-state index in [0.29, 0.717) is 17.9 Å². The monoisotopic (exact) mass is 377 g/mol. The zero-order valence-electron chi connectivity index (χ0n) is 18.7. The van der Waals surface area contributed by atoms with Crippen LogP contribution in [0.15, 0.2) is 0 Å². The molecule has 0 aromatic carbocycles. The Bertz CT molecular complexity index is 375. The molecule has 0 bridgehead atoms. The smallest absolute Gasteiger partial charge is 0.140 e. The molecule has 27 heavy (non-hydrogen) atoms. The van der Waals surface area contributed by atoms with Gasteiger partial charge in [0.05, 0.1) is 5.54 Å². The summed E-state index contributed by atoms with van der Waals surface area (Å²) in [5.74, 6) is 1.25. The Kier molecular flexibility index (Phi) is 10.4. The third-order valence-corrected chi connectivity index (χ3v) is 7.71. The van der Waals surface area contributed by atoms with Crippen molar-refractivity contribution in [3.8, 4) is 0 Å². The summed E-state index contributed by atoms with van der Waals surface area (Å²) in [6.07, 6.45) is 22.7. The van der Waals surface area contributed by atoms with Crippen molar-refractivity contribution in [3.63, 3.8) is 0 Å². The molecule has 1 atom stereocenters. The van der Waals surface area contributed by atoms with Crippen LogP contribution in [0.25, 0.3) is 0 Å². The molecule has 3 aliphatic rings. The molecular formula is C25H47NO. The Morgan fingerprint density at radius 1 is 0.778 bits per heavy atom. The molecule has 1 heterocycles. The molecule has 2 nitrogen and oxygen atoms in total. The van der Waals surface area contributed by atoms with Gasteiger partial charge in [0, 0.05) is 6.04 Å². The lowest BCUT2D eigenvalue weighted by atomic mass is 9.63. The van der Waals surface area contributed by atoms with Crippen LogP contribution in [-0.2, 0) is 4.79 Å². The average Bonchev–Trinajstić information content (AvgIpc) is 2.73. The number of carbonyl (C=O) groups excluding carboxylic acids is 1.